The van der Waals surface area contributed by atoms with Crippen LogP contribution in [0, 0.1) is 5.92 Å². The minimum atomic E-state index is -0.153. The van der Waals surface area contributed by atoms with Gasteiger partial charge in [-0.15, -0.1) is 10.2 Å². The van der Waals surface area contributed by atoms with Crippen LogP contribution in [0.4, 0.5) is 11.5 Å². The van der Waals surface area contributed by atoms with Gasteiger partial charge >= 0.3 is 0 Å². The van der Waals surface area contributed by atoms with E-state index in [0.29, 0.717) is 28.3 Å². The number of aromatic nitrogens is 2. The lowest BCUT2D eigenvalue weighted by molar-refractivity contribution is -0.125. The zero-order valence-electron chi connectivity index (χ0n) is 16.5. The van der Waals surface area contributed by atoms with Gasteiger partial charge in [-0.25, -0.2) is 0 Å². The number of hydrogen-bond acceptors (Lipinski definition) is 6. The largest absolute Gasteiger partial charge is 0.354 e. The molecule has 2 aromatic rings. The average molecular weight is 446 g/mol. The molecule has 1 aromatic carbocycles. The Kier molecular flexibility index (Phi) is 6.74. The molecule has 9 heteroatoms. The van der Waals surface area contributed by atoms with Crippen molar-refractivity contribution in [2.45, 2.75) is 36.8 Å². The van der Waals surface area contributed by atoms with Gasteiger partial charge in [0.25, 0.3) is 0 Å². The second-order valence-electron chi connectivity index (χ2n) is 7.61. The number of carbonyl (C=O) groups is 2. The Morgan fingerprint density at radius 1 is 1.13 bits per heavy atom. The molecular formula is C21H24ClN5O2S. The molecular weight excluding hydrogens is 422 g/mol. The first-order valence-electron chi connectivity index (χ1n) is 10.1. The summed E-state index contributed by atoms with van der Waals surface area (Å²) in [5.74, 6) is 0.991. The third-order valence-corrected chi connectivity index (χ3v) is 6.41. The molecule has 2 N–H and O–H groups in total. The number of nitrogens with one attached hydrogen (secondary N) is 2. The Morgan fingerprint density at radius 3 is 2.70 bits per heavy atom. The van der Waals surface area contributed by atoms with Gasteiger partial charge < -0.3 is 15.5 Å². The fourth-order valence-electron chi connectivity index (χ4n) is 3.39. The third kappa shape index (κ3) is 5.64. The summed E-state index contributed by atoms with van der Waals surface area (Å²) in [7, 11) is 0. The Balaban J connectivity index is 1.27. The zero-order valence-corrected chi connectivity index (χ0v) is 18.1. The van der Waals surface area contributed by atoms with E-state index in [1.165, 1.54) is 11.8 Å². The fourth-order valence-corrected chi connectivity index (χ4v) is 4.19. The van der Waals surface area contributed by atoms with Crippen LogP contribution in [0.1, 0.15) is 25.7 Å². The van der Waals surface area contributed by atoms with E-state index in [1.807, 2.05) is 24.3 Å². The lowest BCUT2D eigenvalue weighted by atomic mass is 9.97. The molecule has 0 unspecified atom stereocenters. The van der Waals surface area contributed by atoms with Gasteiger partial charge in [0.15, 0.2) is 5.82 Å². The van der Waals surface area contributed by atoms with Crippen LogP contribution in [0.2, 0.25) is 5.02 Å². The molecule has 1 aliphatic heterocycles. The number of halogens is 1. The molecule has 158 valence electrons. The van der Waals surface area contributed by atoms with Crippen LogP contribution in [-0.4, -0.2) is 46.9 Å². The normalized spacial score (nSPS) is 18.7. The number of para-hydroxylation sites is 1. The molecule has 4 rings (SSSR count). The van der Waals surface area contributed by atoms with Crippen molar-refractivity contribution in [3.05, 3.63) is 41.4 Å². The summed E-state index contributed by atoms with van der Waals surface area (Å²) in [5.41, 5.74) is 0.594. The van der Waals surface area contributed by atoms with Gasteiger partial charge in [0.1, 0.15) is 5.03 Å². The molecule has 2 heterocycles. The lowest BCUT2D eigenvalue weighted by Crippen LogP contribution is -2.44. The van der Waals surface area contributed by atoms with Crippen molar-refractivity contribution >= 4 is 46.7 Å². The van der Waals surface area contributed by atoms with Crippen molar-refractivity contribution in [3.63, 3.8) is 0 Å². The maximum absolute atomic E-state index is 12.4. The molecule has 2 amide bonds. The number of piperidine rings is 1. The molecule has 1 aliphatic carbocycles. The number of thioether (sulfide) groups is 1. The fraction of sp³-hybridized carbons (Fsp3) is 0.429. The van der Waals surface area contributed by atoms with Crippen molar-refractivity contribution < 1.29 is 9.59 Å². The highest BCUT2D eigenvalue weighted by atomic mass is 35.5. The highest BCUT2D eigenvalue weighted by Crippen LogP contribution is 2.25. The second kappa shape index (κ2) is 9.66. The minimum Gasteiger partial charge on any atom is -0.354 e. The predicted octanol–water partition coefficient (Wildman–Crippen LogP) is 3.36. The molecule has 1 atom stereocenters. The van der Waals surface area contributed by atoms with Crippen molar-refractivity contribution in [1.29, 1.82) is 0 Å². The number of hydrogen-bond donors (Lipinski definition) is 2. The van der Waals surface area contributed by atoms with E-state index >= 15 is 0 Å². The van der Waals surface area contributed by atoms with Gasteiger partial charge in [0.2, 0.25) is 11.8 Å². The molecule has 0 radical (unpaired) electrons. The quantitative estimate of drug-likeness (QED) is 0.635. The smallest absolute Gasteiger partial charge is 0.234 e. The summed E-state index contributed by atoms with van der Waals surface area (Å²) < 4.78 is 0. The molecule has 2 aliphatic rings. The molecule has 1 saturated heterocycles. The number of nitrogens with zero attached hydrogens (tertiary/aromatic N) is 3. The van der Waals surface area contributed by atoms with Crippen LogP contribution in [0.5, 0.6) is 0 Å². The van der Waals surface area contributed by atoms with Crippen LogP contribution in [0.25, 0.3) is 0 Å². The SMILES string of the molecule is O=C(CSc1ccc(N2CCC[C@@H](C(=O)NC3CC3)C2)nn1)Nc1ccccc1Cl. The summed E-state index contributed by atoms with van der Waals surface area (Å²) in [4.78, 5) is 26.6. The van der Waals surface area contributed by atoms with Gasteiger partial charge in [0.05, 0.1) is 22.4 Å². The van der Waals surface area contributed by atoms with Gasteiger partial charge in [-0.2, -0.15) is 0 Å². The summed E-state index contributed by atoms with van der Waals surface area (Å²) in [5, 5.41) is 15.6. The van der Waals surface area contributed by atoms with Gasteiger partial charge in [-0.3, -0.25) is 9.59 Å². The first-order valence-corrected chi connectivity index (χ1v) is 11.5. The van der Waals surface area contributed by atoms with E-state index in [1.54, 1.807) is 12.1 Å². The molecule has 30 heavy (non-hydrogen) atoms. The summed E-state index contributed by atoms with van der Waals surface area (Å²) >= 11 is 7.38. The Bertz CT molecular complexity index is 907. The van der Waals surface area contributed by atoms with E-state index in [2.05, 4.69) is 25.7 Å². The summed E-state index contributed by atoms with van der Waals surface area (Å²) in [6.45, 7) is 1.54. The summed E-state index contributed by atoms with van der Waals surface area (Å²) in [6.07, 6.45) is 4.08. The number of carbonyl (C=O) groups excluding carboxylic acids is 2. The Labute approximate surface area is 185 Å². The van der Waals surface area contributed by atoms with E-state index in [4.69, 9.17) is 11.6 Å². The molecule has 0 bridgehead atoms. The van der Waals surface area contributed by atoms with E-state index < -0.39 is 0 Å². The second-order valence-corrected chi connectivity index (χ2v) is 9.02. The van der Waals surface area contributed by atoms with E-state index in [0.717, 1.165) is 38.0 Å². The monoisotopic (exact) mass is 445 g/mol. The van der Waals surface area contributed by atoms with Crippen LogP contribution in [0.3, 0.4) is 0 Å². The topological polar surface area (TPSA) is 87.2 Å². The Hall–Kier alpha value is -2.32. The van der Waals surface area contributed by atoms with Crippen molar-refractivity contribution in [2.24, 2.45) is 5.92 Å². The maximum atomic E-state index is 12.4. The predicted molar refractivity (Wildman–Crippen MR) is 119 cm³/mol. The highest BCUT2D eigenvalue weighted by molar-refractivity contribution is 7.99. The van der Waals surface area contributed by atoms with Crippen LogP contribution in [0.15, 0.2) is 41.4 Å². The van der Waals surface area contributed by atoms with Crippen LogP contribution in [-0.2, 0) is 9.59 Å². The van der Waals surface area contributed by atoms with Crippen molar-refractivity contribution in [3.8, 4) is 0 Å². The van der Waals surface area contributed by atoms with Crippen LogP contribution < -0.4 is 15.5 Å². The van der Waals surface area contributed by atoms with Crippen molar-refractivity contribution in [1.82, 2.24) is 15.5 Å². The summed E-state index contributed by atoms with van der Waals surface area (Å²) in [6, 6.07) is 11.3. The minimum absolute atomic E-state index is 0.00343. The maximum Gasteiger partial charge on any atom is 0.234 e. The van der Waals surface area contributed by atoms with Gasteiger partial charge in [-0.1, -0.05) is 35.5 Å². The third-order valence-electron chi connectivity index (χ3n) is 5.16. The lowest BCUT2D eigenvalue weighted by Gasteiger charge is -2.32. The number of rotatable bonds is 7. The number of benzene rings is 1. The standard InChI is InChI=1S/C21H24ClN5O2S/c22-16-5-1-2-6-17(16)24-19(28)13-30-20-10-9-18(25-26-20)27-11-3-4-14(12-27)21(29)23-15-7-8-15/h1-2,5-6,9-10,14-15H,3-4,7-8,11-13H2,(H,23,29)(H,24,28)/t14-/m1/s1. The first kappa shape index (κ1) is 20.9. The molecule has 1 saturated carbocycles. The highest BCUT2D eigenvalue weighted by Gasteiger charge is 2.30. The molecule has 2 fully saturated rings. The van der Waals surface area contributed by atoms with Gasteiger partial charge in [0, 0.05) is 19.1 Å². The van der Waals surface area contributed by atoms with E-state index in [9.17, 15) is 9.59 Å². The average Bonchev–Trinajstić information content (AvgIpc) is 3.58. The van der Waals surface area contributed by atoms with Crippen LogP contribution >= 0.6 is 23.4 Å². The Morgan fingerprint density at radius 2 is 1.97 bits per heavy atom. The number of amides is 2. The van der Waals surface area contributed by atoms with E-state index in [-0.39, 0.29) is 23.5 Å². The zero-order chi connectivity index (χ0) is 20.9. The first-order chi connectivity index (χ1) is 14.6. The molecule has 7 nitrogen and oxygen atoms in total. The van der Waals surface area contributed by atoms with Crippen molar-refractivity contribution in [2.75, 3.05) is 29.1 Å². The van der Waals surface area contributed by atoms with Gasteiger partial charge in [-0.05, 0) is 49.9 Å². The molecule has 1 aromatic heterocycles. The molecule has 0 spiro atoms. The number of anilines is 2.